The van der Waals surface area contributed by atoms with Crippen molar-refractivity contribution >= 4 is 11.6 Å². The van der Waals surface area contributed by atoms with Crippen LogP contribution < -0.4 is 0 Å². The summed E-state index contributed by atoms with van der Waals surface area (Å²) in [4.78, 5) is 0. The van der Waals surface area contributed by atoms with E-state index in [0.29, 0.717) is 0 Å². The first-order chi connectivity index (χ1) is 8.52. The number of nitriles is 1. The van der Waals surface area contributed by atoms with Crippen LogP contribution in [0.25, 0.3) is 11.1 Å². The maximum absolute atomic E-state index is 13.7. The molecule has 2 rings (SSSR count). The molecule has 2 aromatic carbocycles. The summed E-state index contributed by atoms with van der Waals surface area (Å²) in [6.45, 7) is 0. The molecule has 0 saturated heterocycles. The van der Waals surface area contributed by atoms with Crippen molar-refractivity contribution in [3.05, 3.63) is 58.4 Å². The van der Waals surface area contributed by atoms with Gasteiger partial charge < -0.3 is 0 Å². The first-order valence-electron chi connectivity index (χ1n) is 4.87. The highest BCUT2D eigenvalue weighted by molar-refractivity contribution is 6.33. The lowest BCUT2D eigenvalue weighted by molar-refractivity contribution is 0.588. The molecule has 0 aliphatic carbocycles. The molecule has 18 heavy (non-hydrogen) atoms. The molecule has 0 saturated carbocycles. The van der Waals surface area contributed by atoms with Gasteiger partial charge in [-0.15, -0.1) is 0 Å². The Kier molecular flexibility index (Phi) is 3.26. The minimum absolute atomic E-state index is 0.0394. The summed E-state index contributed by atoms with van der Waals surface area (Å²) in [5.41, 5.74) is -0.469. The van der Waals surface area contributed by atoms with Crippen LogP contribution in [-0.4, -0.2) is 0 Å². The van der Waals surface area contributed by atoms with Crippen molar-refractivity contribution in [1.82, 2.24) is 0 Å². The highest BCUT2D eigenvalue weighted by Crippen LogP contribution is 2.33. The Labute approximate surface area is 106 Å². The van der Waals surface area contributed by atoms with E-state index >= 15 is 0 Å². The van der Waals surface area contributed by atoms with Gasteiger partial charge in [0.25, 0.3) is 0 Å². The lowest BCUT2D eigenvalue weighted by Gasteiger charge is -2.08. The molecule has 0 heterocycles. The summed E-state index contributed by atoms with van der Waals surface area (Å²) >= 11 is 5.74. The van der Waals surface area contributed by atoms with Crippen LogP contribution in [0.15, 0.2) is 30.3 Å². The Bertz CT molecular complexity index is 639. The lowest BCUT2D eigenvalue weighted by Crippen LogP contribution is -1.93. The smallest absolute Gasteiger partial charge is 0.135 e. The van der Waals surface area contributed by atoms with E-state index in [0.717, 1.165) is 24.3 Å². The van der Waals surface area contributed by atoms with Gasteiger partial charge in [0.2, 0.25) is 0 Å². The second-order valence-corrected chi connectivity index (χ2v) is 3.96. The molecule has 0 radical (unpaired) electrons. The Balaban J connectivity index is 2.68. The van der Waals surface area contributed by atoms with E-state index in [-0.39, 0.29) is 21.7 Å². The highest BCUT2D eigenvalue weighted by Gasteiger charge is 2.16. The molecule has 0 aromatic heterocycles. The third-order valence-electron chi connectivity index (χ3n) is 2.37. The Morgan fingerprint density at radius 3 is 2.11 bits per heavy atom. The van der Waals surface area contributed by atoms with Crippen LogP contribution in [-0.2, 0) is 0 Å². The minimum atomic E-state index is -0.917. The third kappa shape index (κ3) is 2.18. The zero-order valence-electron chi connectivity index (χ0n) is 8.85. The van der Waals surface area contributed by atoms with E-state index in [1.165, 1.54) is 6.07 Å². The maximum Gasteiger partial charge on any atom is 0.135 e. The number of nitrogens with zero attached hydrogens (tertiary/aromatic N) is 1. The van der Waals surface area contributed by atoms with Crippen molar-refractivity contribution in [1.29, 1.82) is 5.26 Å². The van der Waals surface area contributed by atoms with Crippen molar-refractivity contribution in [2.75, 3.05) is 0 Å². The first kappa shape index (κ1) is 12.5. The molecule has 0 N–H and O–H groups in total. The third-order valence-corrected chi connectivity index (χ3v) is 2.68. The molecule has 0 spiro atoms. The molecule has 0 fully saturated rings. The molecular weight excluding hydrogens is 263 g/mol. The van der Waals surface area contributed by atoms with Gasteiger partial charge in [0.15, 0.2) is 0 Å². The molecule has 0 aliphatic rings. The van der Waals surface area contributed by atoms with Crippen LogP contribution in [0.1, 0.15) is 5.56 Å². The van der Waals surface area contributed by atoms with E-state index in [2.05, 4.69) is 0 Å². The molecule has 0 unspecified atom stereocenters. The van der Waals surface area contributed by atoms with Crippen LogP contribution in [0.4, 0.5) is 13.2 Å². The largest absolute Gasteiger partial charge is 0.207 e. The maximum atomic E-state index is 13.7. The molecule has 0 amide bonds. The van der Waals surface area contributed by atoms with Gasteiger partial charge in [0.05, 0.1) is 22.2 Å². The van der Waals surface area contributed by atoms with E-state index < -0.39 is 17.5 Å². The standard InChI is InChI=1S/C13H5ClF3N/c14-10-5-8(15)1-2-9(10)13-11(16)3-7(6-18)4-12(13)17/h1-5H. The van der Waals surface area contributed by atoms with E-state index in [1.807, 2.05) is 0 Å². The molecule has 90 valence electrons. The zero-order valence-corrected chi connectivity index (χ0v) is 9.60. The summed E-state index contributed by atoms with van der Waals surface area (Å²) in [6.07, 6.45) is 0. The molecule has 0 atom stereocenters. The van der Waals surface area contributed by atoms with E-state index in [1.54, 1.807) is 6.07 Å². The van der Waals surface area contributed by atoms with Crippen LogP contribution in [0.5, 0.6) is 0 Å². The average molecular weight is 268 g/mol. The number of benzene rings is 2. The van der Waals surface area contributed by atoms with Gasteiger partial charge in [-0.05, 0) is 30.3 Å². The summed E-state index contributed by atoms with van der Waals surface area (Å²) < 4.78 is 40.3. The van der Waals surface area contributed by atoms with Crippen molar-refractivity contribution in [3.8, 4) is 17.2 Å². The van der Waals surface area contributed by atoms with Crippen molar-refractivity contribution < 1.29 is 13.2 Å². The predicted molar refractivity (Wildman–Crippen MR) is 61.5 cm³/mol. The highest BCUT2D eigenvalue weighted by atomic mass is 35.5. The van der Waals surface area contributed by atoms with E-state index in [4.69, 9.17) is 16.9 Å². The number of hydrogen-bond donors (Lipinski definition) is 0. The second-order valence-electron chi connectivity index (χ2n) is 3.55. The molecule has 1 nitrogen and oxygen atoms in total. The fourth-order valence-electron chi connectivity index (χ4n) is 1.59. The number of rotatable bonds is 1. The second kappa shape index (κ2) is 4.71. The average Bonchev–Trinajstić information content (AvgIpc) is 2.30. The van der Waals surface area contributed by atoms with Gasteiger partial charge in [0.1, 0.15) is 17.5 Å². The minimum Gasteiger partial charge on any atom is -0.207 e. The summed E-state index contributed by atoms with van der Waals surface area (Å²) in [5.74, 6) is -2.43. The van der Waals surface area contributed by atoms with Crippen molar-refractivity contribution in [2.45, 2.75) is 0 Å². The summed E-state index contributed by atoms with van der Waals surface area (Å²) in [6, 6.07) is 6.65. The van der Waals surface area contributed by atoms with Crippen molar-refractivity contribution in [3.63, 3.8) is 0 Å². The first-order valence-corrected chi connectivity index (χ1v) is 5.25. The molecule has 5 heteroatoms. The van der Waals surface area contributed by atoms with Crippen LogP contribution in [0, 0.1) is 28.8 Å². The van der Waals surface area contributed by atoms with E-state index in [9.17, 15) is 13.2 Å². The fraction of sp³-hybridized carbons (Fsp3) is 0. The molecular formula is C13H5ClF3N. The zero-order chi connectivity index (χ0) is 13.3. The quantitative estimate of drug-likeness (QED) is 0.756. The molecule has 0 aliphatic heterocycles. The topological polar surface area (TPSA) is 23.8 Å². The summed E-state index contributed by atoms with van der Waals surface area (Å²) in [5, 5.41) is 8.48. The van der Waals surface area contributed by atoms with Crippen molar-refractivity contribution in [2.24, 2.45) is 0 Å². The normalized spacial score (nSPS) is 10.2. The Morgan fingerprint density at radius 1 is 1.00 bits per heavy atom. The summed E-state index contributed by atoms with van der Waals surface area (Å²) in [7, 11) is 0. The van der Waals surface area contributed by atoms with Gasteiger partial charge in [-0.1, -0.05) is 11.6 Å². The van der Waals surface area contributed by atoms with Gasteiger partial charge in [0, 0.05) is 5.56 Å². The molecule has 2 aromatic rings. The van der Waals surface area contributed by atoms with Gasteiger partial charge in [-0.3, -0.25) is 0 Å². The van der Waals surface area contributed by atoms with Crippen LogP contribution in [0.3, 0.4) is 0 Å². The SMILES string of the molecule is N#Cc1cc(F)c(-c2ccc(F)cc2Cl)c(F)c1. The van der Waals surface area contributed by atoms with Gasteiger partial charge >= 0.3 is 0 Å². The Hall–Kier alpha value is -1.99. The lowest BCUT2D eigenvalue weighted by atomic mass is 10.0. The Morgan fingerprint density at radius 2 is 1.61 bits per heavy atom. The van der Waals surface area contributed by atoms with Gasteiger partial charge in [-0.2, -0.15) is 5.26 Å². The van der Waals surface area contributed by atoms with Crippen LogP contribution in [0.2, 0.25) is 5.02 Å². The molecule has 0 bridgehead atoms. The predicted octanol–water partition coefficient (Wildman–Crippen LogP) is 4.30. The fourth-order valence-corrected chi connectivity index (χ4v) is 1.85. The van der Waals surface area contributed by atoms with Gasteiger partial charge in [-0.25, -0.2) is 13.2 Å². The monoisotopic (exact) mass is 267 g/mol. The number of halogens is 4. The van der Waals surface area contributed by atoms with Crippen LogP contribution >= 0.6 is 11.6 Å². The number of hydrogen-bond acceptors (Lipinski definition) is 1.